The Balaban J connectivity index is 0.907. The maximum Gasteiger partial charge on any atom is 0.410 e. The molecule has 3 heterocycles. The molecule has 30 nitrogen and oxygen atoms in total. The number of carbonyl (C=O) groups is 12. The lowest BCUT2D eigenvalue weighted by Crippen LogP contribution is -2.58. The molecule has 111 heavy (non-hydrogen) atoms. The molecule has 8 N–H and O–H groups in total. The number of hydroxylamine groups is 2. The van der Waals surface area contributed by atoms with Crippen molar-refractivity contribution in [2.75, 3.05) is 52.0 Å². The van der Waals surface area contributed by atoms with Crippen molar-refractivity contribution in [2.45, 2.75) is 233 Å². The van der Waals surface area contributed by atoms with E-state index in [9.17, 15) is 67.7 Å². The number of amides is 11. The van der Waals surface area contributed by atoms with E-state index in [0.717, 1.165) is 6.42 Å². The van der Waals surface area contributed by atoms with E-state index in [-0.39, 0.29) is 142 Å². The first-order chi connectivity index (χ1) is 52.5. The van der Waals surface area contributed by atoms with Crippen molar-refractivity contribution < 1.29 is 91.5 Å². The number of likely N-dealkylation sites (tertiary alicyclic amines) is 1. The topological polar surface area (TPSA) is 389 Å². The maximum absolute atomic E-state index is 14.6. The second-order valence-electron chi connectivity index (χ2n) is 30.3. The van der Waals surface area contributed by atoms with E-state index >= 15 is 0 Å². The summed E-state index contributed by atoms with van der Waals surface area (Å²) in [5, 5.41) is 40.8. The zero-order chi connectivity index (χ0) is 82.1. The van der Waals surface area contributed by atoms with Gasteiger partial charge >= 0.3 is 12.1 Å². The molecule has 0 unspecified atom stereocenters. The van der Waals surface area contributed by atoms with Gasteiger partial charge in [0, 0.05) is 101 Å². The summed E-state index contributed by atoms with van der Waals surface area (Å²) < 4.78 is 22.5. The van der Waals surface area contributed by atoms with Gasteiger partial charge in [0.05, 0.1) is 61.1 Å². The highest BCUT2D eigenvalue weighted by Crippen LogP contribution is 2.40. The van der Waals surface area contributed by atoms with Gasteiger partial charge in [-0.1, -0.05) is 133 Å². The maximum atomic E-state index is 14.6. The zero-order valence-corrected chi connectivity index (χ0v) is 68.5. The van der Waals surface area contributed by atoms with Crippen LogP contribution in [0.1, 0.15) is 190 Å². The molecule has 0 aromatic heterocycles. The Morgan fingerprint density at radius 1 is 0.757 bits per heavy atom. The van der Waals surface area contributed by atoms with Crippen molar-refractivity contribution >= 4 is 104 Å². The predicted molar refractivity (Wildman–Crippen MR) is 420 cm³/mol. The number of phenolic OH excluding ortho intramolecular Hbond substituents is 1. The number of nitrogens with zero attached hydrogens (tertiary/aromatic N) is 5. The molecule has 0 aliphatic carbocycles. The lowest BCUT2D eigenvalue weighted by molar-refractivity contribution is -0.197. The number of carbonyl (C=O) groups excluding carboxylic acids is 12. The molecule has 32 heteroatoms. The Morgan fingerprint density at radius 2 is 1.42 bits per heavy atom. The number of aliphatic hydroxyl groups excluding tert-OH is 1. The van der Waals surface area contributed by atoms with Crippen LogP contribution in [0.3, 0.4) is 0 Å². The van der Waals surface area contributed by atoms with Gasteiger partial charge in [-0.05, 0) is 100 Å². The molecule has 2 fully saturated rings. The number of nitrogens with one attached hydrogen (secondary N) is 6. The van der Waals surface area contributed by atoms with Gasteiger partial charge in [-0.15, -0.1) is 5.06 Å². The normalized spacial score (nSPS) is 17.4. The van der Waals surface area contributed by atoms with Gasteiger partial charge in [0.15, 0.2) is 0 Å². The Hall–Kier alpha value is -9.01. The lowest BCUT2D eigenvalue weighted by Gasteiger charge is -2.38. The largest absolute Gasteiger partial charge is 0.507 e. The monoisotopic (exact) mass is 1590 g/mol. The SMILES string of the molecule is CC[C@H](C)[C@@H](CCC(=O)N1CCC[C@H]1[C@H](OC)[C@@H](C)C(=O)N[C@H](C)[C@@H](O)c1ccccc1)N(C)C(=O)[C@@H](NC(=O)[C@H](C(C)C)N(C)C(=O)OCc1ccc(NC(=O)[C@H](C)NC(=O)[C@@H](NC(=O)CCSSC(C)(C)CC(=O)N/N=C2\CCOc3cc(OCCCC(=O)ON4C(=O)CCC4=O)cc(O)c32)C(C)C)cc1)C(C)C. The van der Waals surface area contributed by atoms with Crippen LogP contribution in [0.5, 0.6) is 17.2 Å². The second kappa shape index (κ2) is 43.1. The summed E-state index contributed by atoms with van der Waals surface area (Å²) in [6.45, 7) is 24.0. The van der Waals surface area contributed by atoms with E-state index in [1.54, 1.807) is 101 Å². The molecule has 6 rings (SSSR count). The predicted octanol–water partition coefficient (Wildman–Crippen LogP) is 8.25. The van der Waals surface area contributed by atoms with E-state index in [2.05, 4.69) is 37.1 Å². The van der Waals surface area contributed by atoms with Crippen LogP contribution in [0, 0.1) is 29.6 Å². The van der Waals surface area contributed by atoms with Crippen LogP contribution >= 0.6 is 21.6 Å². The summed E-state index contributed by atoms with van der Waals surface area (Å²) in [4.78, 5) is 169. The number of rotatable bonds is 41. The van der Waals surface area contributed by atoms with Crippen LogP contribution in [0.2, 0.25) is 0 Å². The number of phenols is 1. The smallest absolute Gasteiger partial charge is 0.410 e. The number of imide groups is 1. The van der Waals surface area contributed by atoms with E-state index in [4.69, 9.17) is 23.8 Å². The number of ether oxygens (including phenoxy) is 4. The molecule has 0 radical (unpaired) electrons. The Labute approximate surface area is 659 Å². The molecule has 0 saturated carbocycles. The number of benzene rings is 3. The third kappa shape index (κ3) is 26.6. The Morgan fingerprint density at radius 3 is 2.05 bits per heavy atom. The Bertz CT molecular complexity index is 3740. The third-order valence-corrected chi connectivity index (χ3v) is 23.2. The minimum atomic E-state index is -1.05. The van der Waals surface area contributed by atoms with Crippen molar-refractivity contribution in [1.82, 2.24) is 46.5 Å². The molecule has 11 amide bonds. The molecule has 2 saturated heterocycles. The number of fused-ring (bicyclic) bond motifs is 1. The van der Waals surface area contributed by atoms with Gasteiger partial charge in [-0.3, -0.25) is 52.8 Å². The molecule has 0 spiro atoms. The summed E-state index contributed by atoms with van der Waals surface area (Å²) in [6.07, 6.45) is 0.564. The van der Waals surface area contributed by atoms with Crippen molar-refractivity contribution in [2.24, 2.45) is 34.7 Å². The van der Waals surface area contributed by atoms with Crippen LogP contribution in [0.4, 0.5) is 10.5 Å². The average molecular weight is 1590 g/mol. The quantitative estimate of drug-likeness (QED) is 0.0115. The molecule has 3 aliphatic heterocycles. The first kappa shape index (κ1) is 90.9. The van der Waals surface area contributed by atoms with Gasteiger partial charge < -0.3 is 70.4 Å². The highest BCUT2D eigenvalue weighted by molar-refractivity contribution is 8.77. The second-order valence-corrected chi connectivity index (χ2v) is 33.4. The van der Waals surface area contributed by atoms with Gasteiger partial charge in [0.1, 0.15) is 48.0 Å². The number of likely N-dealkylation sites (N-methyl/N-ethyl adjacent to an activating group) is 2. The van der Waals surface area contributed by atoms with Gasteiger partial charge in [0.2, 0.25) is 47.3 Å². The minimum Gasteiger partial charge on any atom is -0.507 e. The molecule has 11 atom stereocenters. The minimum absolute atomic E-state index is 0.0147. The summed E-state index contributed by atoms with van der Waals surface area (Å²) in [5.74, 6) is -6.33. The van der Waals surface area contributed by atoms with Crippen molar-refractivity contribution in [3.8, 4) is 17.2 Å². The fourth-order valence-corrected chi connectivity index (χ4v) is 15.9. The van der Waals surface area contributed by atoms with E-state index in [0.29, 0.717) is 59.1 Å². The first-order valence-corrected chi connectivity index (χ1v) is 40.5. The molecule has 3 aromatic rings. The van der Waals surface area contributed by atoms with Crippen LogP contribution in [-0.4, -0.2) is 207 Å². The number of anilines is 1. The number of methoxy groups -OCH3 is 1. The van der Waals surface area contributed by atoms with Gasteiger partial charge in [-0.2, -0.15) is 5.10 Å². The Kier molecular flexibility index (Phi) is 35.3. The molecule has 3 aliphatic rings. The molecular weight excluding hydrogens is 1470 g/mol. The van der Waals surface area contributed by atoms with Crippen LogP contribution in [-0.2, 0) is 73.7 Å². The van der Waals surface area contributed by atoms with E-state index in [1.807, 2.05) is 59.7 Å². The fourth-order valence-electron chi connectivity index (χ4n) is 13.4. The standard InChI is InChI=1S/C79H115N11O19S2/c1-17-48(8)57(31-32-63(94)89-37-21-25-58(89)72(105-16)49(9)73(99)80-50(10)71(98)53-23-19-18-20-24-53)87(14)77(103)69(46(4)5)84-76(102)70(47(6)7)88(15)78(104)108-44-52-27-29-54(30-28-52)82-74(100)51(11)81-75(101)68(45(2)3)83-61(92)36-40-110-111-79(12,13)43-62(93)86-85-56-35-39-107-60-42-55(41-59(91)67(56)60)106-38-22-26-66(97)109-90-64(95)33-34-65(90)96/h18-20,23-24,27-30,41-42,45-51,57-58,68-72,91,98H,17,21-22,25-26,31-40,43-44H2,1-16H3,(H,80,99)(H,81,101)(H,82,100)(H,83,92)(H,84,102)(H,86,93)/b85-56+/t48-,49+,50+,51-,57+,58-,68-,69-,70-,71+,72+/m0/s1. The first-order valence-electron chi connectivity index (χ1n) is 38.1. The van der Waals surface area contributed by atoms with Gasteiger partial charge in [0.25, 0.3) is 11.8 Å². The van der Waals surface area contributed by atoms with Crippen LogP contribution < -0.4 is 41.5 Å². The highest BCUT2D eigenvalue weighted by atomic mass is 33.1. The van der Waals surface area contributed by atoms with Gasteiger partial charge in [-0.25, -0.2) is 15.0 Å². The summed E-state index contributed by atoms with van der Waals surface area (Å²) >= 11 is 0. The summed E-state index contributed by atoms with van der Waals surface area (Å²) in [5.41, 5.74) is 4.84. The van der Waals surface area contributed by atoms with Crippen LogP contribution in [0.15, 0.2) is 71.8 Å². The van der Waals surface area contributed by atoms with E-state index in [1.165, 1.54) is 53.6 Å². The van der Waals surface area contributed by atoms with E-state index < -0.39 is 112 Å². The van der Waals surface area contributed by atoms with Crippen molar-refractivity contribution in [3.05, 3.63) is 83.4 Å². The fraction of sp³-hybridized carbons (Fsp3) is 0.608. The molecule has 0 bridgehead atoms. The number of hydrogen-bond acceptors (Lipinski definition) is 22. The summed E-state index contributed by atoms with van der Waals surface area (Å²) in [6, 6.07) is 13.1. The summed E-state index contributed by atoms with van der Waals surface area (Å²) in [7, 11) is 7.44. The number of hydrogen-bond donors (Lipinski definition) is 8. The van der Waals surface area contributed by atoms with Crippen LogP contribution in [0.25, 0.3) is 0 Å². The number of aliphatic hydroxyl groups is 1. The number of aromatic hydroxyl groups is 1. The molecular formula is C79H115N11O19S2. The zero-order valence-electron chi connectivity index (χ0n) is 66.8. The highest BCUT2D eigenvalue weighted by Gasteiger charge is 2.43. The molecule has 612 valence electrons. The third-order valence-electron chi connectivity index (χ3n) is 19.9. The van der Waals surface area contributed by atoms with Crippen molar-refractivity contribution in [3.63, 3.8) is 0 Å². The van der Waals surface area contributed by atoms with Crippen molar-refractivity contribution in [1.29, 1.82) is 0 Å². The number of hydrazone groups is 1. The lowest BCUT2D eigenvalue weighted by atomic mass is 9.91. The molecule has 3 aromatic carbocycles. The average Bonchev–Trinajstić information content (AvgIpc) is 1.06.